The highest BCUT2D eigenvalue weighted by Crippen LogP contribution is 2.32. The molecular weight excluding hydrogens is 460 g/mol. The molecule has 6 rings (SSSR count). The van der Waals surface area contributed by atoms with E-state index in [4.69, 9.17) is 4.98 Å². The van der Waals surface area contributed by atoms with Crippen molar-refractivity contribution in [2.24, 2.45) is 5.92 Å². The van der Waals surface area contributed by atoms with E-state index < -0.39 is 10.0 Å². The number of hydrogen-bond donors (Lipinski definition) is 0. The Kier molecular flexibility index (Phi) is 5.73. The number of sulfonamides is 1. The maximum Gasteiger partial charge on any atom is 0.243 e. The number of piperidine rings is 1. The number of pyridine rings is 1. The maximum atomic E-state index is 13.4. The van der Waals surface area contributed by atoms with Gasteiger partial charge in [-0.3, -0.25) is 4.79 Å². The van der Waals surface area contributed by atoms with Gasteiger partial charge < -0.3 is 9.80 Å². The fourth-order valence-corrected chi connectivity index (χ4v) is 7.23. The van der Waals surface area contributed by atoms with Crippen LogP contribution in [0, 0.1) is 5.92 Å². The average Bonchev–Trinajstić information content (AvgIpc) is 3.59. The molecule has 1 aromatic heterocycles. The number of aromatic nitrogens is 1. The number of benzene rings is 2. The molecule has 35 heavy (non-hydrogen) atoms. The molecule has 3 aliphatic rings. The van der Waals surface area contributed by atoms with Gasteiger partial charge >= 0.3 is 0 Å². The van der Waals surface area contributed by atoms with Gasteiger partial charge in [0.15, 0.2) is 0 Å². The summed E-state index contributed by atoms with van der Waals surface area (Å²) in [6.07, 6.45) is 4.58. The topological polar surface area (TPSA) is 73.8 Å². The third kappa shape index (κ3) is 4.08. The van der Waals surface area contributed by atoms with Crippen molar-refractivity contribution in [2.45, 2.75) is 37.0 Å². The van der Waals surface area contributed by atoms with E-state index in [-0.39, 0.29) is 11.8 Å². The van der Waals surface area contributed by atoms with E-state index in [0.29, 0.717) is 24.5 Å². The number of carbonyl (C=O) groups is 1. The van der Waals surface area contributed by atoms with E-state index in [1.807, 2.05) is 35.2 Å². The molecule has 1 amide bonds. The Hall–Kier alpha value is -2.97. The number of carbonyl (C=O) groups excluding carboxylic acids is 1. The zero-order valence-corrected chi connectivity index (χ0v) is 20.6. The summed E-state index contributed by atoms with van der Waals surface area (Å²) < 4.78 is 27.4. The molecule has 0 saturated carbocycles. The van der Waals surface area contributed by atoms with Crippen molar-refractivity contribution in [3.63, 3.8) is 0 Å². The van der Waals surface area contributed by atoms with Crippen LogP contribution in [0.25, 0.3) is 10.9 Å². The number of hydrogen-bond acceptors (Lipinski definition) is 5. The van der Waals surface area contributed by atoms with E-state index in [2.05, 4.69) is 11.0 Å². The van der Waals surface area contributed by atoms with E-state index in [9.17, 15) is 13.2 Å². The highest BCUT2D eigenvalue weighted by atomic mass is 32.2. The second-order valence-electron chi connectivity index (χ2n) is 9.79. The lowest BCUT2D eigenvalue weighted by molar-refractivity contribution is -0.122. The first-order chi connectivity index (χ1) is 17.0. The SMILES string of the molecule is O=C(C1CCCN(c2ccc3cc(S(=O)(=O)N4CCCC4)ccc3n2)C1)N1CCc2ccccc21. The van der Waals surface area contributed by atoms with Gasteiger partial charge in [0.05, 0.1) is 16.3 Å². The van der Waals surface area contributed by atoms with Crippen LogP contribution in [0.2, 0.25) is 0 Å². The quantitative estimate of drug-likeness (QED) is 0.556. The number of nitrogens with zero attached hydrogens (tertiary/aromatic N) is 4. The van der Waals surface area contributed by atoms with Gasteiger partial charge in [0.1, 0.15) is 5.82 Å². The van der Waals surface area contributed by atoms with Gasteiger partial charge in [-0.25, -0.2) is 13.4 Å². The van der Waals surface area contributed by atoms with Crippen molar-refractivity contribution in [1.29, 1.82) is 0 Å². The van der Waals surface area contributed by atoms with Crippen LogP contribution in [-0.2, 0) is 21.2 Å². The predicted molar refractivity (Wildman–Crippen MR) is 137 cm³/mol. The summed E-state index contributed by atoms with van der Waals surface area (Å²) in [7, 11) is -3.45. The van der Waals surface area contributed by atoms with Gasteiger partial charge in [-0.05, 0) is 74.1 Å². The zero-order chi connectivity index (χ0) is 24.0. The van der Waals surface area contributed by atoms with Crippen molar-refractivity contribution in [2.75, 3.05) is 42.5 Å². The molecule has 4 heterocycles. The van der Waals surface area contributed by atoms with Gasteiger partial charge in [0.2, 0.25) is 15.9 Å². The molecule has 0 aliphatic carbocycles. The second-order valence-corrected chi connectivity index (χ2v) is 11.7. The molecule has 2 fully saturated rings. The molecule has 182 valence electrons. The summed E-state index contributed by atoms with van der Waals surface area (Å²) in [6.45, 7) is 3.45. The summed E-state index contributed by atoms with van der Waals surface area (Å²) >= 11 is 0. The van der Waals surface area contributed by atoms with E-state index in [1.165, 1.54) is 5.56 Å². The summed E-state index contributed by atoms with van der Waals surface area (Å²) in [6, 6.07) is 17.3. The largest absolute Gasteiger partial charge is 0.356 e. The summed E-state index contributed by atoms with van der Waals surface area (Å²) in [4.78, 5) is 22.7. The van der Waals surface area contributed by atoms with Crippen LogP contribution in [0.4, 0.5) is 11.5 Å². The Morgan fingerprint density at radius 2 is 1.74 bits per heavy atom. The van der Waals surface area contributed by atoms with Crippen LogP contribution in [0.1, 0.15) is 31.2 Å². The van der Waals surface area contributed by atoms with Crippen molar-refractivity contribution in [3.05, 3.63) is 60.2 Å². The minimum absolute atomic E-state index is 0.0552. The molecule has 1 atom stereocenters. The van der Waals surface area contributed by atoms with E-state index >= 15 is 0 Å². The number of anilines is 2. The Balaban J connectivity index is 1.21. The Bertz CT molecular complexity index is 1380. The van der Waals surface area contributed by atoms with Crippen molar-refractivity contribution >= 4 is 38.3 Å². The molecule has 2 saturated heterocycles. The van der Waals surface area contributed by atoms with Crippen LogP contribution >= 0.6 is 0 Å². The van der Waals surface area contributed by atoms with Gasteiger partial charge in [-0.15, -0.1) is 0 Å². The van der Waals surface area contributed by atoms with Crippen molar-refractivity contribution < 1.29 is 13.2 Å². The first kappa shape index (κ1) is 22.5. The maximum absolute atomic E-state index is 13.4. The second kappa shape index (κ2) is 8.91. The zero-order valence-electron chi connectivity index (χ0n) is 19.8. The summed E-state index contributed by atoms with van der Waals surface area (Å²) in [5.74, 6) is 0.990. The Labute approximate surface area is 206 Å². The Morgan fingerprint density at radius 3 is 2.60 bits per heavy atom. The fourth-order valence-electron chi connectivity index (χ4n) is 5.68. The third-order valence-corrected chi connectivity index (χ3v) is 9.49. The molecule has 0 bridgehead atoms. The van der Waals surface area contributed by atoms with Gasteiger partial charge in [-0.1, -0.05) is 18.2 Å². The van der Waals surface area contributed by atoms with E-state index in [0.717, 1.165) is 67.6 Å². The van der Waals surface area contributed by atoms with Crippen LogP contribution in [0.5, 0.6) is 0 Å². The molecule has 7 nitrogen and oxygen atoms in total. The minimum atomic E-state index is -3.45. The average molecular weight is 491 g/mol. The van der Waals surface area contributed by atoms with Crippen LogP contribution in [0.3, 0.4) is 0 Å². The number of fused-ring (bicyclic) bond motifs is 2. The fraction of sp³-hybridized carbons (Fsp3) is 0.407. The first-order valence-electron chi connectivity index (χ1n) is 12.6. The lowest BCUT2D eigenvalue weighted by Crippen LogP contribution is -2.44. The molecule has 0 spiro atoms. The molecule has 3 aromatic rings. The monoisotopic (exact) mass is 490 g/mol. The van der Waals surface area contributed by atoms with Gasteiger partial charge in [0.25, 0.3) is 0 Å². The summed E-state index contributed by atoms with van der Waals surface area (Å²) in [5, 5.41) is 0.812. The number of rotatable bonds is 4. The van der Waals surface area contributed by atoms with Crippen LogP contribution < -0.4 is 9.80 Å². The van der Waals surface area contributed by atoms with Crippen molar-refractivity contribution in [3.8, 4) is 0 Å². The predicted octanol–water partition coefficient (Wildman–Crippen LogP) is 3.83. The van der Waals surface area contributed by atoms with Crippen molar-refractivity contribution in [1.82, 2.24) is 9.29 Å². The van der Waals surface area contributed by atoms with Gasteiger partial charge in [0, 0.05) is 43.8 Å². The summed E-state index contributed by atoms with van der Waals surface area (Å²) in [5.41, 5.74) is 3.07. The molecule has 2 aromatic carbocycles. The smallest absolute Gasteiger partial charge is 0.243 e. The van der Waals surface area contributed by atoms with Crippen LogP contribution in [0.15, 0.2) is 59.5 Å². The first-order valence-corrected chi connectivity index (χ1v) is 14.0. The molecular formula is C27H30N4O3S. The lowest BCUT2D eigenvalue weighted by Gasteiger charge is -2.35. The normalized spacial score (nSPS) is 21.0. The molecule has 0 radical (unpaired) electrons. The standard InChI is InChI=1S/C27H30N4O3S/c32-27(31-17-13-20-6-1-2-8-25(20)31)22-7-5-14-29(19-22)26-12-9-21-18-23(10-11-24(21)28-26)35(33,34)30-15-3-4-16-30/h1-2,6,8-12,18,22H,3-5,7,13-17,19H2. The third-order valence-electron chi connectivity index (χ3n) is 7.60. The lowest BCUT2D eigenvalue weighted by atomic mass is 9.96. The van der Waals surface area contributed by atoms with E-state index in [1.54, 1.807) is 22.5 Å². The molecule has 0 N–H and O–H groups in total. The van der Waals surface area contributed by atoms with Gasteiger partial charge in [-0.2, -0.15) is 4.31 Å². The minimum Gasteiger partial charge on any atom is -0.356 e. The Morgan fingerprint density at radius 1 is 0.914 bits per heavy atom. The number of amides is 1. The number of para-hydroxylation sites is 1. The highest BCUT2D eigenvalue weighted by molar-refractivity contribution is 7.89. The highest BCUT2D eigenvalue weighted by Gasteiger charge is 2.33. The van der Waals surface area contributed by atoms with Crippen LogP contribution in [-0.4, -0.2) is 56.3 Å². The molecule has 8 heteroatoms. The molecule has 1 unspecified atom stereocenters. The molecule has 3 aliphatic heterocycles.